The molecule has 2 heterocycles. The van der Waals surface area contributed by atoms with E-state index in [1.165, 1.54) is 0 Å². The molecule has 7 heteroatoms. The summed E-state index contributed by atoms with van der Waals surface area (Å²) in [6.07, 6.45) is 8.05. The van der Waals surface area contributed by atoms with Gasteiger partial charge in [0.25, 0.3) is 0 Å². The first-order valence-electron chi connectivity index (χ1n) is 15.8. The minimum absolute atomic E-state index is 0.0186. The zero-order chi connectivity index (χ0) is 29.1. The molecule has 0 unspecified atom stereocenters. The van der Waals surface area contributed by atoms with E-state index < -0.39 is 28.2 Å². The fourth-order valence-electron chi connectivity index (χ4n) is 10.5. The van der Waals surface area contributed by atoms with Crippen LogP contribution in [0.3, 0.4) is 0 Å². The van der Waals surface area contributed by atoms with Gasteiger partial charge in [-0.25, -0.2) is 0 Å². The zero-order valence-electron chi connectivity index (χ0n) is 25.9. The Morgan fingerprint density at radius 2 is 1.65 bits per heavy atom. The Bertz CT molecular complexity index is 1080. The molecule has 0 radical (unpaired) electrons. The molecule has 0 bridgehead atoms. The van der Waals surface area contributed by atoms with Crippen LogP contribution < -0.4 is 0 Å². The summed E-state index contributed by atoms with van der Waals surface area (Å²) < 4.78 is 25.8. The number of allylic oxidation sites excluding steroid dienone is 1. The molecule has 2 aliphatic heterocycles. The molecule has 226 valence electrons. The molecule has 0 aromatic carbocycles. The normalized spacial score (nSPS) is 51.5. The maximum Gasteiger partial charge on any atom is 0.164 e. The highest BCUT2D eigenvalue weighted by Gasteiger charge is 2.71. The molecule has 0 amide bonds. The van der Waals surface area contributed by atoms with Crippen LogP contribution in [0.5, 0.6) is 0 Å². The number of aliphatic hydroxyl groups is 2. The van der Waals surface area contributed by atoms with E-state index in [2.05, 4.69) is 27.7 Å². The third kappa shape index (κ3) is 4.08. The molecule has 0 aromatic rings. The first-order chi connectivity index (χ1) is 18.5. The van der Waals surface area contributed by atoms with E-state index in [1.807, 2.05) is 33.8 Å². The summed E-state index contributed by atoms with van der Waals surface area (Å²) in [7, 11) is 0. The molecule has 6 aliphatic rings. The summed E-state index contributed by atoms with van der Waals surface area (Å²) in [6, 6.07) is 0. The van der Waals surface area contributed by atoms with Gasteiger partial charge in [0.1, 0.15) is 0 Å². The van der Waals surface area contributed by atoms with E-state index in [9.17, 15) is 15.0 Å². The van der Waals surface area contributed by atoms with Crippen LogP contribution in [0.4, 0.5) is 0 Å². The number of hydrogen-bond acceptors (Lipinski definition) is 7. The minimum Gasteiger partial charge on any atom is -0.396 e. The topological polar surface area (TPSA) is 94.5 Å². The van der Waals surface area contributed by atoms with Crippen molar-refractivity contribution >= 4 is 5.78 Å². The van der Waals surface area contributed by atoms with Crippen molar-refractivity contribution in [3.05, 3.63) is 11.6 Å². The minimum atomic E-state index is -1.06. The summed E-state index contributed by atoms with van der Waals surface area (Å²) in [4.78, 5) is 13.8. The van der Waals surface area contributed by atoms with Gasteiger partial charge in [0, 0.05) is 17.9 Å². The van der Waals surface area contributed by atoms with Gasteiger partial charge < -0.3 is 29.2 Å². The lowest BCUT2D eigenvalue weighted by Crippen LogP contribution is -2.62. The average molecular weight is 561 g/mol. The maximum absolute atomic E-state index is 13.8. The molecule has 4 aliphatic carbocycles. The van der Waals surface area contributed by atoms with Crippen molar-refractivity contribution in [2.24, 2.45) is 34.5 Å². The molecule has 0 spiro atoms. The molecule has 40 heavy (non-hydrogen) atoms. The summed E-state index contributed by atoms with van der Waals surface area (Å²) in [5.74, 6) is -0.882. The third-order valence-corrected chi connectivity index (χ3v) is 12.4. The van der Waals surface area contributed by atoms with Gasteiger partial charge in [-0.15, -0.1) is 0 Å². The van der Waals surface area contributed by atoms with Gasteiger partial charge in [-0.3, -0.25) is 4.79 Å². The van der Waals surface area contributed by atoms with Gasteiger partial charge >= 0.3 is 0 Å². The molecule has 3 saturated carbocycles. The van der Waals surface area contributed by atoms with Crippen molar-refractivity contribution in [3.8, 4) is 0 Å². The lowest BCUT2D eigenvalue weighted by atomic mass is 9.45. The number of ketones is 1. The van der Waals surface area contributed by atoms with Crippen molar-refractivity contribution in [1.29, 1.82) is 0 Å². The highest BCUT2D eigenvalue weighted by atomic mass is 16.8. The maximum atomic E-state index is 13.8. The number of hydrogen-bond donors (Lipinski definition) is 2. The molecule has 2 N–H and O–H groups in total. The number of aliphatic hydroxyl groups excluding tert-OH is 1. The van der Waals surface area contributed by atoms with Crippen molar-refractivity contribution < 1.29 is 34.0 Å². The highest BCUT2D eigenvalue weighted by molar-refractivity contribution is 5.95. The number of fused-ring (bicyclic) bond motifs is 6. The standard InChI is InChI=1S/C33H52O7/c1-19(18-34)9-10-27-32(8,40-29(4,5)39-27)26-12-14-33(36)21-15-23(35)22-16-24-25(38-28(2,3)37-24)17-30(22,6)20(21)11-13-31(26,33)7/h15,19-20,22,24-27,34,36H,9-14,16-18H2,1-8H3/t19-,20-,22-,24+,25-,26-,27+,30+,31+,32+,33+/m0/s1. The lowest BCUT2D eigenvalue weighted by Gasteiger charge is -2.60. The van der Waals surface area contributed by atoms with Gasteiger partial charge in [-0.2, -0.15) is 0 Å². The first-order valence-corrected chi connectivity index (χ1v) is 15.8. The molecule has 0 aromatic heterocycles. The van der Waals surface area contributed by atoms with E-state index in [4.69, 9.17) is 18.9 Å². The Kier molecular flexibility index (Phi) is 6.65. The van der Waals surface area contributed by atoms with Gasteiger partial charge in [0.15, 0.2) is 17.4 Å². The lowest BCUT2D eigenvalue weighted by molar-refractivity contribution is -0.190. The largest absolute Gasteiger partial charge is 0.396 e. The number of rotatable bonds is 5. The van der Waals surface area contributed by atoms with Crippen LogP contribution in [0.15, 0.2) is 11.6 Å². The van der Waals surface area contributed by atoms with E-state index in [0.717, 1.165) is 44.1 Å². The van der Waals surface area contributed by atoms with Crippen LogP contribution in [0.1, 0.15) is 107 Å². The molecule has 7 nitrogen and oxygen atoms in total. The molecule has 11 atom stereocenters. The van der Waals surface area contributed by atoms with Crippen LogP contribution in [-0.2, 0) is 23.7 Å². The van der Waals surface area contributed by atoms with Crippen molar-refractivity contribution in [2.45, 2.75) is 148 Å². The van der Waals surface area contributed by atoms with Crippen LogP contribution in [-0.4, -0.2) is 63.7 Å². The van der Waals surface area contributed by atoms with Crippen LogP contribution in [0, 0.1) is 34.5 Å². The molecular weight excluding hydrogens is 508 g/mol. The quantitative estimate of drug-likeness (QED) is 0.471. The molecule has 6 rings (SSSR count). The monoisotopic (exact) mass is 560 g/mol. The molecule has 2 saturated heterocycles. The Labute approximate surface area is 240 Å². The second-order valence-electron chi connectivity index (χ2n) is 15.8. The smallest absolute Gasteiger partial charge is 0.164 e. The van der Waals surface area contributed by atoms with E-state index in [0.29, 0.717) is 12.8 Å². The Morgan fingerprint density at radius 3 is 2.35 bits per heavy atom. The zero-order valence-corrected chi connectivity index (χ0v) is 25.9. The first kappa shape index (κ1) is 29.3. The van der Waals surface area contributed by atoms with Crippen molar-refractivity contribution in [1.82, 2.24) is 0 Å². The Balaban J connectivity index is 1.32. The van der Waals surface area contributed by atoms with Crippen LogP contribution in [0.2, 0.25) is 0 Å². The second kappa shape index (κ2) is 9.09. The van der Waals surface area contributed by atoms with E-state index in [1.54, 1.807) is 0 Å². The van der Waals surface area contributed by atoms with Crippen molar-refractivity contribution in [2.75, 3.05) is 6.61 Å². The molecule has 5 fully saturated rings. The van der Waals surface area contributed by atoms with E-state index in [-0.39, 0.29) is 59.8 Å². The van der Waals surface area contributed by atoms with Gasteiger partial charge in [0.2, 0.25) is 0 Å². The fourth-order valence-corrected chi connectivity index (χ4v) is 10.5. The second-order valence-corrected chi connectivity index (χ2v) is 15.8. The Hall–Kier alpha value is -0.830. The summed E-state index contributed by atoms with van der Waals surface area (Å²) in [6.45, 7) is 16.8. The van der Waals surface area contributed by atoms with Crippen LogP contribution >= 0.6 is 0 Å². The van der Waals surface area contributed by atoms with E-state index >= 15 is 0 Å². The van der Waals surface area contributed by atoms with Gasteiger partial charge in [0.05, 0.1) is 29.5 Å². The number of carbonyl (C=O) groups is 1. The van der Waals surface area contributed by atoms with Crippen LogP contribution in [0.25, 0.3) is 0 Å². The number of carbonyl (C=O) groups excluding carboxylic acids is 1. The third-order valence-electron chi connectivity index (χ3n) is 12.4. The SMILES string of the molecule is C[C@H](CO)CC[C@H]1OC(C)(C)O[C@]1(C)[C@H]1CC[C@@]2(O)C3=CC(=O)[C@@H]4C[C@H]5OC(C)(C)O[C@H]5C[C@]4(C)[C@H]3CC[C@]12C. The predicted octanol–water partition coefficient (Wildman–Crippen LogP) is 5.31. The molecular formula is C33H52O7. The van der Waals surface area contributed by atoms with Gasteiger partial charge in [-0.1, -0.05) is 20.8 Å². The number of ether oxygens (including phenoxy) is 4. The summed E-state index contributed by atoms with van der Waals surface area (Å²) in [5.41, 5.74) is -1.38. The Morgan fingerprint density at radius 1 is 0.950 bits per heavy atom. The average Bonchev–Trinajstić information content (AvgIpc) is 3.40. The van der Waals surface area contributed by atoms with Gasteiger partial charge in [-0.05, 0) is 121 Å². The summed E-state index contributed by atoms with van der Waals surface area (Å²) in [5, 5.41) is 22.4. The fraction of sp³-hybridized carbons (Fsp3) is 0.909. The predicted molar refractivity (Wildman–Crippen MR) is 150 cm³/mol. The van der Waals surface area contributed by atoms with Crippen molar-refractivity contribution in [3.63, 3.8) is 0 Å². The highest BCUT2D eigenvalue weighted by Crippen LogP contribution is 2.70. The summed E-state index contributed by atoms with van der Waals surface area (Å²) >= 11 is 0.